The number of nitrogens with two attached hydrogens (primary N) is 1. The van der Waals surface area contributed by atoms with E-state index in [0.29, 0.717) is 11.5 Å². The lowest BCUT2D eigenvalue weighted by molar-refractivity contribution is 0.0923. The summed E-state index contributed by atoms with van der Waals surface area (Å²) in [6.45, 7) is 2.22. The Morgan fingerprint density at radius 2 is 1.90 bits per heavy atom. The molecule has 0 unspecified atom stereocenters. The van der Waals surface area contributed by atoms with Crippen LogP contribution in [-0.4, -0.2) is 20.4 Å². The van der Waals surface area contributed by atoms with Gasteiger partial charge >= 0.3 is 0 Å². The average Bonchev–Trinajstić information content (AvgIpc) is 2.40. The third-order valence-corrected chi connectivity index (χ3v) is 4.69. The van der Waals surface area contributed by atoms with E-state index in [1.54, 1.807) is 6.07 Å². The van der Waals surface area contributed by atoms with Crippen molar-refractivity contribution in [1.82, 2.24) is 5.32 Å². The van der Waals surface area contributed by atoms with Crippen molar-refractivity contribution in [2.45, 2.75) is 43.5 Å². The summed E-state index contributed by atoms with van der Waals surface area (Å²) in [5.74, 6) is 0.476. The summed E-state index contributed by atoms with van der Waals surface area (Å²) in [6.07, 6.45) is 4.17. The van der Waals surface area contributed by atoms with Gasteiger partial charge < -0.3 is 5.32 Å². The summed E-state index contributed by atoms with van der Waals surface area (Å²) < 4.78 is 22.6. The Balaban J connectivity index is 2.06. The van der Waals surface area contributed by atoms with Gasteiger partial charge in [-0.2, -0.15) is 0 Å². The van der Waals surface area contributed by atoms with Gasteiger partial charge in [0.25, 0.3) is 5.91 Å². The maximum atomic E-state index is 12.1. The maximum Gasteiger partial charge on any atom is 0.251 e. The molecule has 2 rings (SSSR count). The number of hydrogen-bond donors (Lipinski definition) is 2. The monoisotopic (exact) mass is 296 g/mol. The molecule has 1 fully saturated rings. The van der Waals surface area contributed by atoms with Crippen molar-refractivity contribution in [1.29, 1.82) is 0 Å². The van der Waals surface area contributed by atoms with Crippen LogP contribution in [-0.2, 0) is 10.0 Å². The number of carbonyl (C=O) groups excluding carboxylic acids is 1. The van der Waals surface area contributed by atoms with Gasteiger partial charge in [0, 0.05) is 11.6 Å². The van der Waals surface area contributed by atoms with Gasteiger partial charge in [-0.1, -0.05) is 13.0 Å². The summed E-state index contributed by atoms with van der Waals surface area (Å²) in [4.78, 5) is 12.1. The fraction of sp³-hybridized carbons (Fsp3) is 0.500. The first-order valence-corrected chi connectivity index (χ1v) is 8.34. The Morgan fingerprint density at radius 1 is 1.25 bits per heavy atom. The van der Waals surface area contributed by atoms with Crippen molar-refractivity contribution in [3.63, 3.8) is 0 Å². The predicted octanol–water partition coefficient (Wildman–Crippen LogP) is 1.64. The molecular weight excluding hydrogens is 276 g/mol. The summed E-state index contributed by atoms with van der Waals surface area (Å²) >= 11 is 0. The Labute approximate surface area is 119 Å². The quantitative estimate of drug-likeness (QED) is 0.888. The van der Waals surface area contributed by atoms with Crippen LogP contribution in [0.2, 0.25) is 0 Å². The van der Waals surface area contributed by atoms with E-state index >= 15 is 0 Å². The molecule has 6 heteroatoms. The summed E-state index contributed by atoms with van der Waals surface area (Å²) in [6, 6.07) is 5.99. The Morgan fingerprint density at radius 3 is 2.50 bits per heavy atom. The van der Waals surface area contributed by atoms with Crippen molar-refractivity contribution in [3.05, 3.63) is 29.8 Å². The van der Waals surface area contributed by atoms with Crippen molar-refractivity contribution in [3.8, 4) is 0 Å². The number of nitrogens with one attached hydrogen (secondary N) is 1. The molecular formula is C14H20N2O3S. The number of hydrogen-bond acceptors (Lipinski definition) is 3. The molecule has 0 aromatic heterocycles. The highest BCUT2D eigenvalue weighted by molar-refractivity contribution is 7.89. The molecule has 1 aliphatic rings. The molecule has 0 spiro atoms. The highest BCUT2D eigenvalue weighted by Crippen LogP contribution is 2.23. The normalized spacial score (nSPS) is 23.3. The molecule has 1 aromatic rings. The Hall–Kier alpha value is -1.40. The molecule has 5 nitrogen and oxygen atoms in total. The van der Waals surface area contributed by atoms with Gasteiger partial charge in [0.05, 0.1) is 4.90 Å². The molecule has 1 saturated carbocycles. The average molecular weight is 296 g/mol. The molecule has 0 heterocycles. The number of amides is 1. The molecule has 3 N–H and O–H groups in total. The van der Waals surface area contributed by atoms with Crippen LogP contribution in [0, 0.1) is 5.92 Å². The fourth-order valence-corrected chi connectivity index (χ4v) is 3.05. The predicted molar refractivity (Wildman–Crippen MR) is 76.7 cm³/mol. The number of primary sulfonamides is 1. The first-order chi connectivity index (χ1) is 9.36. The largest absolute Gasteiger partial charge is 0.349 e. The third kappa shape index (κ3) is 3.80. The molecule has 0 radical (unpaired) electrons. The topological polar surface area (TPSA) is 89.3 Å². The minimum absolute atomic E-state index is 0.0394. The first-order valence-electron chi connectivity index (χ1n) is 6.80. The van der Waals surface area contributed by atoms with Crippen LogP contribution in [0.25, 0.3) is 0 Å². The molecule has 20 heavy (non-hydrogen) atoms. The smallest absolute Gasteiger partial charge is 0.251 e. The SMILES string of the molecule is CC1CCC(NC(=O)c2cccc(S(N)(=O)=O)c2)CC1. The van der Waals surface area contributed by atoms with Gasteiger partial charge in [0.1, 0.15) is 0 Å². The second kappa shape index (κ2) is 5.93. The van der Waals surface area contributed by atoms with Crippen LogP contribution in [0.4, 0.5) is 0 Å². The van der Waals surface area contributed by atoms with Crippen LogP contribution < -0.4 is 10.5 Å². The zero-order valence-corrected chi connectivity index (χ0v) is 12.3. The van der Waals surface area contributed by atoms with E-state index in [4.69, 9.17) is 5.14 Å². The van der Waals surface area contributed by atoms with Crippen LogP contribution >= 0.6 is 0 Å². The van der Waals surface area contributed by atoms with E-state index in [-0.39, 0.29) is 16.8 Å². The number of sulfonamides is 1. The molecule has 0 bridgehead atoms. The van der Waals surface area contributed by atoms with Crippen molar-refractivity contribution < 1.29 is 13.2 Å². The lowest BCUT2D eigenvalue weighted by Gasteiger charge is -2.26. The van der Waals surface area contributed by atoms with E-state index in [0.717, 1.165) is 25.7 Å². The van der Waals surface area contributed by atoms with Crippen molar-refractivity contribution in [2.24, 2.45) is 11.1 Å². The molecule has 110 valence electrons. The molecule has 1 aliphatic carbocycles. The van der Waals surface area contributed by atoms with E-state index < -0.39 is 10.0 Å². The minimum Gasteiger partial charge on any atom is -0.349 e. The molecule has 0 atom stereocenters. The minimum atomic E-state index is -3.78. The zero-order valence-electron chi connectivity index (χ0n) is 11.5. The zero-order chi connectivity index (χ0) is 14.8. The van der Waals surface area contributed by atoms with Crippen LogP contribution in [0.5, 0.6) is 0 Å². The lowest BCUT2D eigenvalue weighted by Crippen LogP contribution is -2.37. The second-order valence-electron chi connectivity index (χ2n) is 5.50. The summed E-state index contributed by atoms with van der Waals surface area (Å²) in [5.41, 5.74) is 0.329. The molecule has 1 aromatic carbocycles. The van der Waals surface area contributed by atoms with Gasteiger partial charge in [0.2, 0.25) is 10.0 Å². The van der Waals surface area contributed by atoms with Gasteiger partial charge in [0.15, 0.2) is 0 Å². The lowest BCUT2D eigenvalue weighted by atomic mass is 9.87. The van der Waals surface area contributed by atoms with Crippen LogP contribution in [0.3, 0.4) is 0 Å². The van der Waals surface area contributed by atoms with E-state index in [1.165, 1.54) is 18.2 Å². The first kappa shape index (κ1) is 15.0. The maximum absolute atomic E-state index is 12.1. The standard InChI is InChI=1S/C14H20N2O3S/c1-10-5-7-12(8-6-10)16-14(17)11-3-2-4-13(9-11)20(15,18)19/h2-4,9-10,12H,5-8H2,1H3,(H,16,17)(H2,15,18,19). The molecule has 0 saturated heterocycles. The highest BCUT2D eigenvalue weighted by atomic mass is 32.2. The number of benzene rings is 1. The van der Waals surface area contributed by atoms with Gasteiger partial charge in [-0.25, -0.2) is 13.6 Å². The third-order valence-electron chi connectivity index (χ3n) is 3.78. The Bertz CT molecular complexity index is 590. The Kier molecular flexibility index (Phi) is 4.45. The summed E-state index contributed by atoms with van der Waals surface area (Å²) in [7, 11) is -3.78. The van der Waals surface area contributed by atoms with Gasteiger partial charge in [-0.05, 0) is 49.8 Å². The second-order valence-corrected chi connectivity index (χ2v) is 7.06. The van der Waals surface area contributed by atoms with E-state index in [2.05, 4.69) is 12.2 Å². The van der Waals surface area contributed by atoms with Crippen molar-refractivity contribution in [2.75, 3.05) is 0 Å². The van der Waals surface area contributed by atoms with E-state index in [1.807, 2.05) is 0 Å². The van der Waals surface area contributed by atoms with Crippen LogP contribution in [0.1, 0.15) is 43.0 Å². The fourth-order valence-electron chi connectivity index (χ4n) is 2.49. The molecule has 1 amide bonds. The van der Waals surface area contributed by atoms with Gasteiger partial charge in [-0.3, -0.25) is 4.79 Å². The number of rotatable bonds is 3. The van der Waals surface area contributed by atoms with Gasteiger partial charge in [-0.15, -0.1) is 0 Å². The highest BCUT2D eigenvalue weighted by Gasteiger charge is 2.20. The summed E-state index contributed by atoms with van der Waals surface area (Å²) in [5, 5.41) is 8.03. The van der Waals surface area contributed by atoms with E-state index in [9.17, 15) is 13.2 Å². The number of carbonyl (C=O) groups is 1. The van der Waals surface area contributed by atoms with Crippen LogP contribution in [0.15, 0.2) is 29.2 Å². The molecule has 0 aliphatic heterocycles. The van der Waals surface area contributed by atoms with Crippen molar-refractivity contribution >= 4 is 15.9 Å².